The van der Waals surface area contributed by atoms with Crippen LogP contribution in [0.15, 0.2) is 0 Å². The number of carbonyl (C=O) groups excluding carboxylic acids is 2. The summed E-state index contributed by atoms with van der Waals surface area (Å²) in [5.41, 5.74) is 7.20. The summed E-state index contributed by atoms with van der Waals surface area (Å²) in [6.07, 6.45) is 7.13. The number of hydrogen-bond acceptors (Lipinski definition) is 3. The molecule has 3 N–H and O–H groups in total. The average Bonchev–Trinajstić information content (AvgIpc) is 3.04. The first-order valence-electron chi connectivity index (χ1n) is 7.81. The highest BCUT2D eigenvalue weighted by molar-refractivity contribution is 7.17. The Labute approximate surface area is 129 Å². The van der Waals surface area contributed by atoms with E-state index in [2.05, 4.69) is 12.2 Å². The SMILES string of the molecule is C[C@H]1CCc2c(sc(NC(=O)C3CCCC3)c2C(N)=O)C1. The summed E-state index contributed by atoms with van der Waals surface area (Å²) in [6, 6.07) is 0. The summed E-state index contributed by atoms with van der Waals surface area (Å²) in [5, 5.41) is 3.66. The van der Waals surface area contributed by atoms with E-state index >= 15 is 0 Å². The van der Waals surface area contributed by atoms with Crippen LogP contribution in [0.4, 0.5) is 5.00 Å². The molecular formula is C16H22N2O2S. The van der Waals surface area contributed by atoms with Crippen molar-refractivity contribution in [3.8, 4) is 0 Å². The summed E-state index contributed by atoms with van der Waals surface area (Å²) >= 11 is 1.55. The van der Waals surface area contributed by atoms with Gasteiger partial charge in [-0.15, -0.1) is 11.3 Å². The Morgan fingerprint density at radius 3 is 2.62 bits per heavy atom. The van der Waals surface area contributed by atoms with Crippen LogP contribution in [0.5, 0.6) is 0 Å². The zero-order chi connectivity index (χ0) is 15.0. The number of anilines is 1. The van der Waals surface area contributed by atoms with Crippen LogP contribution < -0.4 is 11.1 Å². The van der Waals surface area contributed by atoms with Crippen LogP contribution in [0.25, 0.3) is 0 Å². The predicted molar refractivity (Wildman–Crippen MR) is 84.6 cm³/mol. The van der Waals surface area contributed by atoms with Gasteiger partial charge in [0.15, 0.2) is 0 Å². The molecule has 1 fully saturated rings. The van der Waals surface area contributed by atoms with E-state index < -0.39 is 5.91 Å². The number of fused-ring (bicyclic) bond motifs is 1. The molecule has 0 saturated heterocycles. The Balaban J connectivity index is 1.87. The highest BCUT2D eigenvalue weighted by Gasteiger charge is 2.29. The molecule has 0 aliphatic heterocycles. The third-order valence-corrected chi connectivity index (χ3v) is 5.89. The average molecular weight is 306 g/mol. The summed E-state index contributed by atoms with van der Waals surface area (Å²) in [6.45, 7) is 2.23. The van der Waals surface area contributed by atoms with Crippen molar-refractivity contribution in [3.63, 3.8) is 0 Å². The molecular weight excluding hydrogens is 284 g/mol. The number of carbonyl (C=O) groups is 2. The Kier molecular flexibility index (Phi) is 4.02. The summed E-state index contributed by atoms with van der Waals surface area (Å²) < 4.78 is 0. The number of thiophene rings is 1. The minimum Gasteiger partial charge on any atom is -0.365 e. The fourth-order valence-electron chi connectivity index (χ4n) is 3.50. The predicted octanol–water partition coefficient (Wildman–Crippen LogP) is 3.10. The lowest BCUT2D eigenvalue weighted by molar-refractivity contribution is -0.119. The third-order valence-electron chi connectivity index (χ3n) is 4.72. The second-order valence-corrected chi connectivity index (χ2v) is 7.50. The molecule has 0 spiro atoms. The van der Waals surface area contributed by atoms with Gasteiger partial charge in [-0.1, -0.05) is 19.8 Å². The van der Waals surface area contributed by atoms with Crippen molar-refractivity contribution >= 4 is 28.2 Å². The molecule has 0 aromatic carbocycles. The molecule has 1 aromatic heterocycles. The van der Waals surface area contributed by atoms with Crippen molar-refractivity contribution in [2.24, 2.45) is 17.6 Å². The molecule has 5 heteroatoms. The molecule has 114 valence electrons. The van der Waals surface area contributed by atoms with Crippen LogP contribution in [0.3, 0.4) is 0 Å². The lowest BCUT2D eigenvalue weighted by Gasteiger charge is -2.18. The van der Waals surface area contributed by atoms with Crippen LogP contribution >= 0.6 is 11.3 Å². The number of nitrogens with two attached hydrogens (primary N) is 1. The van der Waals surface area contributed by atoms with E-state index in [1.165, 1.54) is 4.88 Å². The second-order valence-electron chi connectivity index (χ2n) is 6.39. The molecule has 0 radical (unpaired) electrons. The molecule has 4 nitrogen and oxygen atoms in total. The maximum atomic E-state index is 12.3. The van der Waals surface area contributed by atoms with Crippen LogP contribution in [0.2, 0.25) is 0 Å². The fourth-order valence-corrected chi connectivity index (χ4v) is 4.92. The molecule has 0 bridgehead atoms. The molecule has 0 unspecified atom stereocenters. The molecule has 21 heavy (non-hydrogen) atoms. The first kappa shape index (κ1) is 14.6. The highest BCUT2D eigenvalue weighted by Crippen LogP contribution is 2.40. The Hall–Kier alpha value is -1.36. The molecule has 2 aliphatic carbocycles. The minimum atomic E-state index is -0.413. The van der Waals surface area contributed by atoms with Gasteiger partial charge in [-0.25, -0.2) is 0 Å². The number of hydrogen-bond donors (Lipinski definition) is 2. The van der Waals surface area contributed by atoms with Gasteiger partial charge in [0.05, 0.1) is 5.56 Å². The maximum absolute atomic E-state index is 12.3. The number of nitrogens with one attached hydrogen (secondary N) is 1. The lowest BCUT2D eigenvalue weighted by atomic mass is 9.88. The van der Waals surface area contributed by atoms with Crippen LogP contribution in [-0.4, -0.2) is 11.8 Å². The molecule has 1 saturated carbocycles. The minimum absolute atomic E-state index is 0.0571. The smallest absolute Gasteiger partial charge is 0.251 e. The van der Waals surface area contributed by atoms with E-state index in [0.29, 0.717) is 16.5 Å². The first-order valence-corrected chi connectivity index (χ1v) is 8.63. The van der Waals surface area contributed by atoms with Gasteiger partial charge in [-0.3, -0.25) is 9.59 Å². The highest BCUT2D eigenvalue weighted by atomic mass is 32.1. The zero-order valence-corrected chi connectivity index (χ0v) is 13.2. The van der Waals surface area contributed by atoms with Crippen molar-refractivity contribution < 1.29 is 9.59 Å². The lowest BCUT2D eigenvalue weighted by Crippen LogP contribution is -2.22. The normalized spacial score (nSPS) is 22.0. The van der Waals surface area contributed by atoms with Crippen LogP contribution in [-0.2, 0) is 17.6 Å². The summed E-state index contributed by atoms with van der Waals surface area (Å²) in [4.78, 5) is 25.4. The van der Waals surface area contributed by atoms with E-state index in [4.69, 9.17) is 5.73 Å². The van der Waals surface area contributed by atoms with Crippen LogP contribution in [0.1, 0.15) is 59.8 Å². The molecule has 3 rings (SSSR count). The number of rotatable bonds is 3. The van der Waals surface area contributed by atoms with Gasteiger partial charge in [-0.05, 0) is 43.6 Å². The van der Waals surface area contributed by atoms with Gasteiger partial charge in [-0.2, -0.15) is 0 Å². The quantitative estimate of drug-likeness (QED) is 0.900. The monoisotopic (exact) mass is 306 g/mol. The Morgan fingerprint density at radius 2 is 1.95 bits per heavy atom. The van der Waals surface area contributed by atoms with E-state index in [9.17, 15) is 9.59 Å². The van der Waals surface area contributed by atoms with Crippen molar-refractivity contribution in [3.05, 3.63) is 16.0 Å². The second kappa shape index (κ2) is 5.79. The standard InChI is InChI=1S/C16H22N2O2S/c1-9-6-7-11-12(8-9)21-16(13(11)14(17)19)18-15(20)10-4-2-3-5-10/h9-10H,2-8H2,1H3,(H2,17,19)(H,18,20)/t9-/m0/s1. The number of amides is 2. The van der Waals surface area contributed by atoms with Crippen molar-refractivity contribution in [2.45, 2.75) is 51.9 Å². The third kappa shape index (κ3) is 2.84. The van der Waals surface area contributed by atoms with Gasteiger partial charge in [0.1, 0.15) is 5.00 Å². The molecule has 1 heterocycles. The molecule has 2 aliphatic rings. The van der Waals surface area contributed by atoms with E-state index in [-0.39, 0.29) is 11.8 Å². The molecule has 1 atom stereocenters. The maximum Gasteiger partial charge on any atom is 0.251 e. The summed E-state index contributed by atoms with van der Waals surface area (Å²) in [5.74, 6) is 0.379. The largest absolute Gasteiger partial charge is 0.365 e. The Bertz CT molecular complexity index is 573. The zero-order valence-electron chi connectivity index (χ0n) is 12.4. The molecule has 2 amide bonds. The van der Waals surface area contributed by atoms with Gasteiger partial charge in [0.25, 0.3) is 5.91 Å². The van der Waals surface area contributed by atoms with Crippen molar-refractivity contribution in [1.82, 2.24) is 0 Å². The van der Waals surface area contributed by atoms with Crippen molar-refractivity contribution in [1.29, 1.82) is 0 Å². The topological polar surface area (TPSA) is 72.2 Å². The van der Waals surface area contributed by atoms with E-state index in [1.807, 2.05) is 0 Å². The fraction of sp³-hybridized carbons (Fsp3) is 0.625. The molecule has 1 aromatic rings. The van der Waals surface area contributed by atoms with Crippen molar-refractivity contribution in [2.75, 3.05) is 5.32 Å². The van der Waals surface area contributed by atoms with Gasteiger partial charge in [0, 0.05) is 10.8 Å². The Morgan fingerprint density at radius 1 is 1.24 bits per heavy atom. The first-order chi connectivity index (χ1) is 10.1. The summed E-state index contributed by atoms with van der Waals surface area (Å²) in [7, 11) is 0. The van der Waals surface area contributed by atoms with Gasteiger partial charge < -0.3 is 11.1 Å². The van der Waals surface area contributed by atoms with Gasteiger partial charge in [0.2, 0.25) is 5.91 Å². The van der Waals surface area contributed by atoms with E-state index in [1.54, 1.807) is 11.3 Å². The van der Waals surface area contributed by atoms with Crippen LogP contribution in [0, 0.1) is 11.8 Å². The van der Waals surface area contributed by atoms with E-state index in [0.717, 1.165) is 50.5 Å². The number of primary amides is 1. The van der Waals surface area contributed by atoms with Gasteiger partial charge >= 0.3 is 0 Å².